The third kappa shape index (κ3) is 4.92. The number of rotatable bonds is 6. The van der Waals surface area contributed by atoms with E-state index in [0.29, 0.717) is 0 Å². The first-order valence-corrected chi connectivity index (χ1v) is 6.89. The molecular weight excluding hydrogens is 226 g/mol. The molecule has 1 nitrogen and oxygen atoms in total. The first-order chi connectivity index (χ1) is 7.26. The summed E-state index contributed by atoms with van der Waals surface area (Å²) in [7, 11) is 2.13. The molecule has 0 aliphatic heterocycles. The fourth-order valence-corrected chi connectivity index (χ4v) is 1.98. The van der Waals surface area contributed by atoms with Gasteiger partial charge in [-0.15, -0.1) is 23.4 Å². The molecule has 0 aliphatic carbocycles. The molecule has 1 aromatic carbocycles. The second-order valence-corrected chi connectivity index (χ2v) is 4.89. The van der Waals surface area contributed by atoms with Gasteiger partial charge in [0.2, 0.25) is 0 Å². The van der Waals surface area contributed by atoms with Crippen LogP contribution in [0.5, 0.6) is 0 Å². The fourth-order valence-electron chi connectivity index (χ4n) is 1.45. The zero-order chi connectivity index (χ0) is 11.1. The standard InChI is InChI=1S/C12H18ClNS/c1-14(9-3-8-13)10-11-4-6-12(15-2)7-5-11/h4-7H,3,8-10H2,1-2H3. The van der Waals surface area contributed by atoms with Crippen LogP contribution >= 0.6 is 23.4 Å². The molecule has 0 fully saturated rings. The van der Waals surface area contributed by atoms with Crippen LogP contribution in [0.4, 0.5) is 0 Å². The topological polar surface area (TPSA) is 3.24 Å². The van der Waals surface area contributed by atoms with Gasteiger partial charge in [0.15, 0.2) is 0 Å². The summed E-state index contributed by atoms with van der Waals surface area (Å²) in [5, 5.41) is 0. The van der Waals surface area contributed by atoms with Crippen molar-refractivity contribution in [2.24, 2.45) is 0 Å². The molecular formula is C12H18ClNS. The van der Waals surface area contributed by atoms with Crippen LogP contribution in [0.15, 0.2) is 29.2 Å². The molecule has 0 atom stereocenters. The summed E-state index contributed by atoms with van der Waals surface area (Å²) in [5.74, 6) is 0.746. The molecule has 1 aromatic rings. The van der Waals surface area contributed by atoms with E-state index in [2.05, 4.69) is 42.5 Å². The Labute approximate surface area is 102 Å². The maximum Gasteiger partial charge on any atom is 0.0235 e. The minimum atomic E-state index is 0.746. The zero-order valence-electron chi connectivity index (χ0n) is 9.37. The van der Waals surface area contributed by atoms with E-state index in [0.717, 1.165) is 25.4 Å². The van der Waals surface area contributed by atoms with E-state index in [1.807, 2.05) is 0 Å². The average molecular weight is 244 g/mol. The maximum absolute atomic E-state index is 5.66. The van der Waals surface area contributed by atoms with Crippen LogP contribution in [0.1, 0.15) is 12.0 Å². The number of thioether (sulfide) groups is 1. The van der Waals surface area contributed by atoms with E-state index in [9.17, 15) is 0 Å². The highest BCUT2D eigenvalue weighted by molar-refractivity contribution is 7.98. The van der Waals surface area contributed by atoms with Gasteiger partial charge in [0.25, 0.3) is 0 Å². The van der Waals surface area contributed by atoms with Crippen LogP contribution < -0.4 is 0 Å². The summed E-state index contributed by atoms with van der Waals surface area (Å²) < 4.78 is 0. The van der Waals surface area contributed by atoms with Crippen molar-refractivity contribution in [1.82, 2.24) is 4.90 Å². The van der Waals surface area contributed by atoms with Crippen molar-refractivity contribution in [2.45, 2.75) is 17.9 Å². The Kier molecular flexibility index (Phi) is 6.15. The van der Waals surface area contributed by atoms with Crippen LogP contribution in [0.3, 0.4) is 0 Å². The van der Waals surface area contributed by atoms with Gasteiger partial charge >= 0.3 is 0 Å². The molecule has 15 heavy (non-hydrogen) atoms. The molecule has 0 aliphatic rings. The van der Waals surface area contributed by atoms with Gasteiger partial charge in [-0.25, -0.2) is 0 Å². The van der Waals surface area contributed by atoms with Gasteiger partial charge in [0.1, 0.15) is 0 Å². The van der Waals surface area contributed by atoms with Crippen LogP contribution in [-0.2, 0) is 6.54 Å². The van der Waals surface area contributed by atoms with E-state index < -0.39 is 0 Å². The first kappa shape index (κ1) is 12.9. The second-order valence-electron chi connectivity index (χ2n) is 3.63. The lowest BCUT2D eigenvalue weighted by molar-refractivity contribution is 0.328. The predicted octanol–water partition coefficient (Wildman–Crippen LogP) is 3.47. The molecule has 0 saturated carbocycles. The molecule has 0 radical (unpaired) electrons. The van der Waals surface area contributed by atoms with Crippen molar-refractivity contribution in [3.05, 3.63) is 29.8 Å². The van der Waals surface area contributed by atoms with Gasteiger partial charge in [0, 0.05) is 17.3 Å². The van der Waals surface area contributed by atoms with Crippen LogP contribution in [0, 0.1) is 0 Å². The molecule has 0 N–H and O–H groups in total. The largest absolute Gasteiger partial charge is 0.302 e. The molecule has 3 heteroatoms. The molecule has 0 aromatic heterocycles. The highest BCUT2D eigenvalue weighted by Crippen LogP contribution is 2.15. The van der Waals surface area contributed by atoms with Crippen LogP contribution in [0.25, 0.3) is 0 Å². The van der Waals surface area contributed by atoms with Crippen molar-refractivity contribution in [1.29, 1.82) is 0 Å². The van der Waals surface area contributed by atoms with Gasteiger partial charge in [-0.1, -0.05) is 12.1 Å². The number of alkyl halides is 1. The van der Waals surface area contributed by atoms with Crippen molar-refractivity contribution < 1.29 is 0 Å². The molecule has 0 spiro atoms. The highest BCUT2D eigenvalue weighted by atomic mass is 35.5. The van der Waals surface area contributed by atoms with Crippen molar-refractivity contribution in [3.8, 4) is 0 Å². The van der Waals surface area contributed by atoms with E-state index in [1.54, 1.807) is 11.8 Å². The van der Waals surface area contributed by atoms with Gasteiger partial charge < -0.3 is 4.90 Å². The molecule has 0 heterocycles. The molecule has 0 amide bonds. The number of nitrogens with zero attached hydrogens (tertiary/aromatic N) is 1. The predicted molar refractivity (Wildman–Crippen MR) is 69.9 cm³/mol. The minimum absolute atomic E-state index is 0.746. The molecule has 0 unspecified atom stereocenters. The minimum Gasteiger partial charge on any atom is -0.302 e. The summed E-state index contributed by atoms with van der Waals surface area (Å²) in [5.41, 5.74) is 1.37. The summed E-state index contributed by atoms with van der Waals surface area (Å²) in [6.07, 6.45) is 3.16. The van der Waals surface area contributed by atoms with Gasteiger partial charge in [0.05, 0.1) is 0 Å². The Morgan fingerprint density at radius 2 is 1.93 bits per heavy atom. The molecule has 0 saturated heterocycles. The Bertz CT molecular complexity index is 273. The van der Waals surface area contributed by atoms with Crippen molar-refractivity contribution in [2.75, 3.05) is 25.7 Å². The highest BCUT2D eigenvalue weighted by Gasteiger charge is 1.99. The Hall–Kier alpha value is -0.180. The quantitative estimate of drug-likeness (QED) is 0.556. The Balaban J connectivity index is 2.42. The van der Waals surface area contributed by atoms with Crippen LogP contribution in [0.2, 0.25) is 0 Å². The van der Waals surface area contributed by atoms with Gasteiger partial charge in [-0.3, -0.25) is 0 Å². The van der Waals surface area contributed by atoms with E-state index in [1.165, 1.54) is 10.5 Å². The fraction of sp³-hybridized carbons (Fsp3) is 0.500. The monoisotopic (exact) mass is 243 g/mol. The normalized spacial score (nSPS) is 10.9. The van der Waals surface area contributed by atoms with E-state index in [-0.39, 0.29) is 0 Å². The molecule has 1 rings (SSSR count). The lowest BCUT2D eigenvalue weighted by Crippen LogP contribution is -2.19. The molecule has 0 bridgehead atoms. The smallest absolute Gasteiger partial charge is 0.0235 e. The van der Waals surface area contributed by atoms with E-state index in [4.69, 9.17) is 11.6 Å². The Morgan fingerprint density at radius 3 is 2.47 bits per heavy atom. The van der Waals surface area contributed by atoms with Crippen molar-refractivity contribution in [3.63, 3.8) is 0 Å². The summed E-state index contributed by atoms with van der Waals surface area (Å²) in [6.45, 7) is 2.07. The Morgan fingerprint density at radius 1 is 1.27 bits per heavy atom. The third-order valence-electron chi connectivity index (χ3n) is 2.29. The van der Waals surface area contributed by atoms with Gasteiger partial charge in [-0.2, -0.15) is 0 Å². The zero-order valence-corrected chi connectivity index (χ0v) is 10.9. The number of halogens is 1. The number of benzene rings is 1. The maximum atomic E-state index is 5.66. The molecule has 84 valence electrons. The van der Waals surface area contributed by atoms with Crippen molar-refractivity contribution >= 4 is 23.4 Å². The van der Waals surface area contributed by atoms with Crippen LogP contribution in [-0.4, -0.2) is 30.6 Å². The van der Waals surface area contributed by atoms with E-state index >= 15 is 0 Å². The lowest BCUT2D eigenvalue weighted by atomic mass is 10.2. The summed E-state index contributed by atoms with van der Waals surface area (Å²) in [4.78, 5) is 3.62. The van der Waals surface area contributed by atoms with Gasteiger partial charge in [-0.05, 0) is 44.0 Å². The summed E-state index contributed by atoms with van der Waals surface area (Å²) >= 11 is 7.44. The number of hydrogen-bond donors (Lipinski definition) is 0. The SMILES string of the molecule is CSc1ccc(CN(C)CCCCl)cc1. The second kappa shape index (κ2) is 7.15. The first-order valence-electron chi connectivity index (χ1n) is 5.13. The lowest BCUT2D eigenvalue weighted by Gasteiger charge is -2.15. The summed E-state index contributed by atoms with van der Waals surface area (Å²) in [6, 6.07) is 8.75. The third-order valence-corrected chi connectivity index (χ3v) is 3.30. The number of hydrogen-bond acceptors (Lipinski definition) is 2. The average Bonchev–Trinajstić information content (AvgIpc) is 2.27.